The van der Waals surface area contributed by atoms with Gasteiger partial charge in [-0.1, -0.05) is 59.7 Å². The van der Waals surface area contributed by atoms with Crippen LogP contribution in [0.1, 0.15) is 33.6 Å². The van der Waals surface area contributed by atoms with E-state index in [9.17, 15) is 19.9 Å². The average molecular weight is 514 g/mol. The summed E-state index contributed by atoms with van der Waals surface area (Å²) in [6.07, 6.45) is -2.29. The van der Waals surface area contributed by atoms with Crippen LogP contribution in [0.5, 0.6) is 11.5 Å². The van der Waals surface area contributed by atoms with Crippen LogP contribution in [0, 0.1) is 0 Å². The fourth-order valence-corrected chi connectivity index (χ4v) is 4.33. The van der Waals surface area contributed by atoms with Gasteiger partial charge in [-0.3, -0.25) is 4.79 Å². The maximum Gasteiger partial charge on any atom is 0.417 e. The van der Waals surface area contributed by atoms with Gasteiger partial charge in [0.1, 0.15) is 32.0 Å². The van der Waals surface area contributed by atoms with Crippen LogP contribution in [0.4, 0.5) is 4.79 Å². The Hall–Kier alpha value is -5.02. The molecular weight excluding hydrogens is 492 g/mol. The number of nitrogens with zero attached hydrogens (tertiary/aromatic N) is 4. The summed E-state index contributed by atoms with van der Waals surface area (Å²) < 4.78 is 22.2. The minimum Gasteiger partial charge on any atom is -0.486 e. The number of benzene rings is 3. The van der Waals surface area contributed by atoms with Crippen LogP contribution < -0.4 is 9.47 Å². The molecule has 2 aliphatic rings. The molecule has 5 rings (SSSR count). The molecule has 0 aliphatic carbocycles. The third kappa shape index (κ3) is 4.95. The summed E-state index contributed by atoms with van der Waals surface area (Å²) >= 11 is 0. The predicted octanol–water partition coefficient (Wildman–Crippen LogP) is 4.75. The van der Waals surface area contributed by atoms with Crippen molar-refractivity contribution < 1.29 is 33.3 Å². The van der Waals surface area contributed by atoms with E-state index in [4.69, 9.17) is 18.9 Å². The van der Waals surface area contributed by atoms with Crippen molar-refractivity contribution in [3.05, 3.63) is 106 Å². The Kier molecular flexibility index (Phi) is 7.10. The summed E-state index contributed by atoms with van der Waals surface area (Å²) in [7, 11) is 0. The van der Waals surface area contributed by atoms with Crippen LogP contribution >= 0.6 is 0 Å². The number of carbonyl (C=O) groups is 3. The zero-order chi connectivity index (χ0) is 26.5. The molecular formula is C27H22N4O7. The molecule has 3 aromatic rings. The van der Waals surface area contributed by atoms with Gasteiger partial charge < -0.3 is 18.9 Å². The van der Waals surface area contributed by atoms with E-state index < -0.39 is 36.2 Å². The van der Waals surface area contributed by atoms with Gasteiger partial charge in [0, 0.05) is 4.91 Å². The summed E-state index contributed by atoms with van der Waals surface area (Å²) in [6, 6.07) is 19.4. The van der Waals surface area contributed by atoms with E-state index in [0.717, 1.165) is 4.90 Å². The molecule has 38 heavy (non-hydrogen) atoms. The maximum absolute atomic E-state index is 13.9. The normalized spacial score (nSPS) is 17.5. The number of fused-ring (bicyclic) bond motifs is 1. The Balaban J connectivity index is 1.54. The van der Waals surface area contributed by atoms with Crippen molar-refractivity contribution in [1.29, 1.82) is 0 Å². The summed E-state index contributed by atoms with van der Waals surface area (Å²) in [6.45, 7) is 0.606. The molecule has 3 unspecified atom stereocenters. The lowest BCUT2D eigenvalue weighted by molar-refractivity contribution is -0.133. The minimum atomic E-state index is -1.63. The number of hydrogen-bond acceptors (Lipinski definition) is 8. The fourth-order valence-electron chi connectivity index (χ4n) is 4.33. The van der Waals surface area contributed by atoms with Crippen molar-refractivity contribution in [1.82, 2.24) is 4.90 Å². The number of hydrogen-bond donors (Lipinski definition) is 0. The van der Waals surface area contributed by atoms with Gasteiger partial charge in [-0.2, -0.15) is 0 Å². The lowest BCUT2D eigenvalue weighted by Gasteiger charge is -2.29. The number of ether oxygens (including phenoxy) is 4. The third-order valence-corrected chi connectivity index (χ3v) is 6.15. The molecule has 3 aromatic carbocycles. The summed E-state index contributed by atoms with van der Waals surface area (Å²) in [5.74, 6) is -0.767. The number of imide groups is 1. The van der Waals surface area contributed by atoms with Gasteiger partial charge in [-0.25, -0.2) is 14.5 Å². The Morgan fingerprint density at radius 3 is 2.34 bits per heavy atom. The first-order valence-corrected chi connectivity index (χ1v) is 11.8. The van der Waals surface area contributed by atoms with Crippen LogP contribution in [0.3, 0.4) is 0 Å². The van der Waals surface area contributed by atoms with E-state index in [1.54, 1.807) is 78.9 Å². The summed E-state index contributed by atoms with van der Waals surface area (Å²) in [5, 5.41) is 3.70. The lowest BCUT2D eigenvalue weighted by atomic mass is 9.99. The SMILES string of the molecule is [N-]=[N+]=NC(C(=O)N1C(=O)OCC1c1ccccc1)C(OC(=O)c1ccccc1)c1ccc2c(c1)OCCO2. The van der Waals surface area contributed by atoms with E-state index in [1.165, 1.54) is 0 Å². The average Bonchev–Trinajstić information content (AvgIpc) is 3.36. The highest BCUT2D eigenvalue weighted by Crippen LogP contribution is 2.37. The fraction of sp³-hybridized carbons (Fsp3) is 0.222. The highest BCUT2D eigenvalue weighted by molar-refractivity contribution is 5.97. The molecule has 0 radical (unpaired) electrons. The number of esters is 1. The van der Waals surface area contributed by atoms with Gasteiger partial charge in [0.05, 0.1) is 5.56 Å². The van der Waals surface area contributed by atoms with Gasteiger partial charge in [0.25, 0.3) is 0 Å². The van der Waals surface area contributed by atoms with E-state index >= 15 is 0 Å². The minimum absolute atomic E-state index is 0.0733. The highest BCUT2D eigenvalue weighted by atomic mass is 16.6. The smallest absolute Gasteiger partial charge is 0.417 e. The molecule has 1 fully saturated rings. The number of carbonyl (C=O) groups excluding carboxylic acids is 3. The van der Waals surface area contributed by atoms with Crippen LogP contribution in [-0.2, 0) is 14.3 Å². The van der Waals surface area contributed by atoms with Crippen LogP contribution in [0.2, 0.25) is 0 Å². The predicted molar refractivity (Wildman–Crippen MR) is 132 cm³/mol. The van der Waals surface area contributed by atoms with Gasteiger partial charge >= 0.3 is 12.1 Å². The first-order chi connectivity index (χ1) is 18.6. The molecule has 0 spiro atoms. The Bertz CT molecular complexity index is 1390. The summed E-state index contributed by atoms with van der Waals surface area (Å²) in [5.41, 5.74) is 10.6. The molecule has 0 N–H and O–H groups in total. The van der Waals surface area contributed by atoms with Gasteiger partial charge in [-0.05, 0) is 40.9 Å². The molecule has 1 saturated heterocycles. The largest absolute Gasteiger partial charge is 0.486 e. The first kappa shape index (κ1) is 24.7. The van der Waals surface area contributed by atoms with Crippen LogP contribution in [-0.4, -0.2) is 48.7 Å². The van der Waals surface area contributed by atoms with Crippen molar-refractivity contribution in [3.63, 3.8) is 0 Å². The molecule has 2 heterocycles. The van der Waals surface area contributed by atoms with Crippen molar-refractivity contribution in [2.24, 2.45) is 5.11 Å². The second kappa shape index (κ2) is 10.9. The Labute approximate surface area is 217 Å². The molecule has 3 atom stereocenters. The van der Waals surface area contributed by atoms with Crippen molar-refractivity contribution in [2.75, 3.05) is 19.8 Å². The van der Waals surface area contributed by atoms with Gasteiger partial charge in [0.2, 0.25) is 5.91 Å². The van der Waals surface area contributed by atoms with Crippen molar-refractivity contribution >= 4 is 18.0 Å². The topological polar surface area (TPSA) is 140 Å². The third-order valence-electron chi connectivity index (χ3n) is 6.15. The number of azide groups is 1. The zero-order valence-corrected chi connectivity index (χ0v) is 20.0. The number of cyclic esters (lactones) is 1. The second-order valence-corrected chi connectivity index (χ2v) is 8.46. The highest BCUT2D eigenvalue weighted by Gasteiger charge is 2.45. The van der Waals surface area contributed by atoms with Crippen LogP contribution in [0.15, 0.2) is 84.0 Å². The maximum atomic E-state index is 13.9. The molecule has 192 valence electrons. The molecule has 2 aliphatic heterocycles. The van der Waals surface area contributed by atoms with E-state index in [-0.39, 0.29) is 12.2 Å². The van der Waals surface area contributed by atoms with Gasteiger partial charge in [-0.15, -0.1) is 0 Å². The van der Waals surface area contributed by atoms with Gasteiger partial charge in [0.15, 0.2) is 17.5 Å². The van der Waals surface area contributed by atoms with Crippen molar-refractivity contribution in [2.45, 2.75) is 18.2 Å². The molecule has 2 amide bonds. The summed E-state index contributed by atoms with van der Waals surface area (Å²) in [4.78, 5) is 43.4. The quantitative estimate of drug-likeness (QED) is 0.192. The zero-order valence-electron chi connectivity index (χ0n) is 20.0. The van der Waals surface area contributed by atoms with E-state index in [2.05, 4.69) is 10.0 Å². The monoisotopic (exact) mass is 514 g/mol. The van der Waals surface area contributed by atoms with Crippen LogP contribution in [0.25, 0.3) is 10.4 Å². The standard InChI is InChI=1S/C27H22N4O7/c28-30-29-23(25(32)31-20(16-37-27(31)34)17-7-3-1-4-8-17)24(38-26(33)18-9-5-2-6-10-18)19-11-12-21-22(15-19)36-14-13-35-21/h1-12,15,20,23-24H,13-14,16H2. The number of rotatable bonds is 7. The molecule has 0 bridgehead atoms. The van der Waals surface area contributed by atoms with Crippen molar-refractivity contribution in [3.8, 4) is 11.5 Å². The Morgan fingerprint density at radius 2 is 1.63 bits per heavy atom. The Morgan fingerprint density at radius 1 is 0.947 bits per heavy atom. The molecule has 0 aromatic heterocycles. The molecule has 11 heteroatoms. The molecule has 11 nitrogen and oxygen atoms in total. The lowest BCUT2D eigenvalue weighted by Crippen LogP contribution is -2.43. The second-order valence-electron chi connectivity index (χ2n) is 8.46. The number of amides is 2. The van der Waals surface area contributed by atoms with E-state index in [1.807, 2.05) is 0 Å². The van der Waals surface area contributed by atoms with E-state index in [0.29, 0.717) is 35.8 Å². The first-order valence-electron chi connectivity index (χ1n) is 11.8. The molecule has 0 saturated carbocycles.